The lowest BCUT2D eigenvalue weighted by atomic mass is 10.1. The Morgan fingerprint density at radius 3 is 2.96 bits per heavy atom. The van der Waals surface area contributed by atoms with E-state index in [1.54, 1.807) is 17.1 Å². The van der Waals surface area contributed by atoms with Crippen molar-refractivity contribution in [2.24, 2.45) is 0 Å². The predicted molar refractivity (Wildman–Crippen MR) is 80.5 cm³/mol. The average molecular weight is 312 g/mol. The molecule has 0 aliphatic carbocycles. The highest BCUT2D eigenvalue weighted by Gasteiger charge is 2.17. The van der Waals surface area contributed by atoms with Gasteiger partial charge in [0.2, 0.25) is 5.91 Å². The van der Waals surface area contributed by atoms with Crippen LogP contribution in [0.15, 0.2) is 36.9 Å². The number of pyridine rings is 1. The maximum Gasteiger partial charge on any atom is 0.242 e. The summed E-state index contributed by atoms with van der Waals surface area (Å²) < 4.78 is 3.12. The second kappa shape index (κ2) is 6.34. The summed E-state index contributed by atoms with van der Waals surface area (Å²) in [6.07, 6.45) is 4.86. The third-order valence-corrected chi connectivity index (χ3v) is 3.46. The van der Waals surface area contributed by atoms with E-state index < -0.39 is 0 Å². The summed E-state index contributed by atoms with van der Waals surface area (Å²) >= 11 is 0. The van der Waals surface area contributed by atoms with Crippen LogP contribution in [0.5, 0.6) is 0 Å². The highest BCUT2D eigenvalue weighted by molar-refractivity contribution is 5.76. The molecule has 118 valence electrons. The van der Waals surface area contributed by atoms with Crippen LogP contribution < -0.4 is 5.32 Å². The van der Waals surface area contributed by atoms with Gasteiger partial charge in [-0.1, -0.05) is 6.07 Å². The van der Waals surface area contributed by atoms with Gasteiger partial charge in [-0.05, 0) is 36.4 Å². The zero-order valence-corrected chi connectivity index (χ0v) is 12.8. The number of hydrogen-bond acceptors (Lipinski definition) is 6. The molecule has 0 saturated heterocycles. The molecule has 0 bridgehead atoms. The van der Waals surface area contributed by atoms with Crippen LogP contribution >= 0.6 is 0 Å². The molecule has 1 atom stereocenters. The number of tetrazole rings is 1. The molecular formula is C14H16N8O. The third kappa shape index (κ3) is 3.23. The lowest BCUT2D eigenvalue weighted by Crippen LogP contribution is -2.30. The van der Waals surface area contributed by atoms with Crippen molar-refractivity contribution in [3.8, 4) is 5.82 Å². The van der Waals surface area contributed by atoms with Crippen LogP contribution in [0, 0.1) is 6.92 Å². The second-order valence-electron chi connectivity index (χ2n) is 5.08. The molecule has 9 nitrogen and oxygen atoms in total. The minimum absolute atomic E-state index is 0.0742. The van der Waals surface area contributed by atoms with Crippen molar-refractivity contribution in [3.05, 3.63) is 48.2 Å². The first-order valence-corrected chi connectivity index (χ1v) is 7.11. The van der Waals surface area contributed by atoms with Crippen LogP contribution in [0.1, 0.15) is 24.2 Å². The van der Waals surface area contributed by atoms with Gasteiger partial charge in [0.05, 0.1) is 12.2 Å². The molecule has 1 unspecified atom stereocenters. The highest BCUT2D eigenvalue weighted by Crippen LogP contribution is 2.19. The highest BCUT2D eigenvalue weighted by atomic mass is 16.2. The number of amides is 1. The Bertz CT molecular complexity index is 780. The van der Waals surface area contributed by atoms with Gasteiger partial charge in [-0.3, -0.25) is 4.79 Å². The van der Waals surface area contributed by atoms with Gasteiger partial charge in [0.25, 0.3) is 0 Å². The van der Waals surface area contributed by atoms with E-state index in [4.69, 9.17) is 0 Å². The summed E-state index contributed by atoms with van der Waals surface area (Å²) in [4.78, 5) is 16.3. The fourth-order valence-corrected chi connectivity index (χ4v) is 2.32. The van der Waals surface area contributed by atoms with Crippen molar-refractivity contribution in [3.63, 3.8) is 0 Å². The van der Waals surface area contributed by atoms with Gasteiger partial charge < -0.3 is 5.32 Å². The number of aromatic nitrogens is 7. The molecule has 9 heteroatoms. The van der Waals surface area contributed by atoms with Gasteiger partial charge in [-0.25, -0.2) is 14.3 Å². The monoisotopic (exact) mass is 312 g/mol. The van der Waals surface area contributed by atoms with Crippen molar-refractivity contribution < 1.29 is 4.79 Å². The van der Waals surface area contributed by atoms with Gasteiger partial charge in [0, 0.05) is 17.5 Å². The summed E-state index contributed by atoms with van der Waals surface area (Å²) in [6.45, 7) is 3.93. The smallest absolute Gasteiger partial charge is 0.242 e. The van der Waals surface area contributed by atoms with E-state index in [9.17, 15) is 4.79 Å². The number of nitrogens with zero attached hydrogens (tertiary/aromatic N) is 7. The van der Waals surface area contributed by atoms with E-state index in [1.165, 1.54) is 11.0 Å². The summed E-state index contributed by atoms with van der Waals surface area (Å²) in [7, 11) is 0. The van der Waals surface area contributed by atoms with Gasteiger partial charge in [-0.2, -0.15) is 5.10 Å². The minimum atomic E-state index is -0.184. The maximum atomic E-state index is 12.0. The molecule has 0 aliphatic rings. The molecule has 0 saturated carbocycles. The zero-order valence-electron chi connectivity index (χ0n) is 12.8. The quantitative estimate of drug-likeness (QED) is 0.733. The fourth-order valence-electron chi connectivity index (χ4n) is 2.32. The fraction of sp³-hybridized carbons (Fsp3) is 0.286. The first-order valence-electron chi connectivity index (χ1n) is 7.11. The van der Waals surface area contributed by atoms with Crippen LogP contribution in [-0.4, -0.2) is 40.9 Å². The molecule has 0 fully saturated rings. The van der Waals surface area contributed by atoms with Gasteiger partial charge >= 0.3 is 0 Å². The topological polar surface area (TPSA) is 103 Å². The maximum absolute atomic E-state index is 12.0. The second-order valence-corrected chi connectivity index (χ2v) is 5.08. The Morgan fingerprint density at radius 2 is 2.26 bits per heavy atom. The number of hydrogen-bond donors (Lipinski definition) is 1. The normalized spacial score (nSPS) is 12.1. The molecule has 3 heterocycles. The summed E-state index contributed by atoms with van der Waals surface area (Å²) in [5.41, 5.74) is 1.86. The lowest BCUT2D eigenvalue weighted by molar-refractivity contribution is -0.122. The Hall–Kier alpha value is -3.10. The molecule has 1 amide bonds. The van der Waals surface area contributed by atoms with E-state index in [0.717, 1.165) is 17.1 Å². The molecule has 0 radical (unpaired) electrons. The average Bonchev–Trinajstić information content (AvgIpc) is 3.17. The zero-order chi connectivity index (χ0) is 16.2. The van der Waals surface area contributed by atoms with Crippen molar-refractivity contribution in [2.45, 2.75) is 26.4 Å². The summed E-state index contributed by atoms with van der Waals surface area (Å²) in [6, 6.07) is 5.45. The van der Waals surface area contributed by atoms with Crippen LogP contribution in [0.2, 0.25) is 0 Å². The Labute approximate surface area is 132 Å². The van der Waals surface area contributed by atoms with Crippen LogP contribution in [0.25, 0.3) is 5.82 Å². The molecule has 0 aliphatic heterocycles. The molecule has 3 aromatic heterocycles. The molecule has 1 N–H and O–H groups in total. The first-order chi connectivity index (χ1) is 11.1. The van der Waals surface area contributed by atoms with E-state index in [-0.39, 0.29) is 18.5 Å². The van der Waals surface area contributed by atoms with Crippen molar-refractivity contribution in [1.29, 1.82) is 0 Å². The Balaban J connectivity index is 1.72. The standard InChI is InChI=1S/C14H16N8O/c1-10(18-14(23)8-21-9-16-19-20-21)12-7-17-22(11(12)2)13-5-3-4-6-15-13/h3-7,9-10H,8H2,1-2H3,(H,18,23). The largest absolute Gasteiger partial charge is 0.348 e. The molecular weight excluding hydrogens is 296 g/mol. The van der Waals surface area contributed by atoms with E-state index in [2.05, 4.69) is 30.9 Å². The van der Waals surface area contributed by atoms with Crippen LogP contribution in [0.4, 0.5) is 0 Å². The van der Waals surface area contributed by atoms with E-state index >= 15 is 0 Å². The predicted octanol–water partition coefficient (Wildman–Crippen LogP) is 0.440. The lowest BCUT2D eigenvalue weighted by Gasteiger charge is -2.13. The van der Waals surface area contributed by atoms with Crippen LogP contribution in [0.3, 0.4) is 0 Å². The van der Waals surface area contributed by atoms with Gasteiger partial charge in [0.15, 0.2) is 5.82 Å². The molecule has 3 aromatic rings. The van der Waals surface area contributed by atoms with Gasteiger partial charge in [-0.15, -0.1) is 5.10 Å². The summed E-state index contributed by atoms with van der Waals surface area (Å²) in [5, 5.41) is 17.9. The van der Waals surface area contributed by atoms with E-state index in [0.29, 0.717) is 0 Å². The Kier molecular flexibility index (Phi) is 4.09. The molecule has 23 heavy (non-hydrogen) atoms. The number of rotatable bonds is 5. The number of carbonyl (C=O) groups excluding carboxylic acids is 1. The SMILES string of the molecule is Cc1c(C(C)NC(=O)Cn2cnnn2)cnn1-c1ccccn1. The molecule has 0 spiro atoms. The van der Waals surface area contributed by atoms with Crippen LogP contribution in [-0.2, 0) is 11.3 Å². The first kappa shape index (κ1) is 14.8. The van der Waals surface area contributed by atoms with Crippen molar-refractivity contribution >= 4 is 5.91 Å². The Morgan fingerprint density at radius 1 is 1.39 bits per heavy atom. The summed E-state index contributed by atoms with van der Waals surface area (Å²) in [5.74, 6) is 0.568. The third-order valence-electron chi connectivity index (χ3n) is 3.46. The van der Waals surface area contributed by atoms with E-state index in [1.807, 2.05) is 32.0 Å². The minimum Gasteiger partial charge on any atom is -0.348 e. The number of nitrogens with one attached hydrogen (secondary N) is 1. The van der Waals surface area contributed by atoms with Gasteiger partial charge in [0.1, 0.15) is 12.9 Å². The molecule has 3 rings (SSSR count). The van der Waals surface area contributed by atoms with Crippen molar-refractivity contribution in [1.82, 2.24) is 40.3 Å². The number of carbonyl (C=O) groups is 1. The van der Waals surface area contributed by atoms with Crippen molar-refractivity contribution in [2.75, 3.05) is 0 Å². The molecule has 0 aromatic carbocycles.